The summed E-state index contributed by atoms with van der Waals surface area (Å²) in [5.74, 6) is 0.205. The zero-order valence-corrected chi connectivity index (χ0v) is 11.7. The molecule has 1 aromatic carbocycles. The van der Waals surface area contributed by atoms with Gasteiger partial charge in [0, 0.05) is 0 Å². The van der Waals surface area contributed by atoms with Crippen LogP contribution >= 0.6 is 0 Å². The molecule has 0 amide bonds. The number of rotatable bonds is 4. The molecule has 0 aliphatic heterocycles. The maximum Gasteiger partial charge on any atom is 0.152 e. The second-order valence-corrected chi connectivity index (χ2v) is 7.99. The molecule has 2 atom stereocenters. The summed E-state index contributed by atoms with van der Waals surface area (Å²) in [6, 6.07) is 7.81. The van der Waals surface area contributed by atoms with E-state index in [2.05, 4.69) is 0 Å². The van der Waals surface area contributed by atoms with Crippen LogP contribution in [0.3, 0.4) is 0 Å². The van der Waals surface area contributed by atoms with Crippen molar-refractivity contribution in [3.05, 3.63) is 35.4 Å². The smallest absolute Gasteiger partial charge is 0.152 e. The van der Waals surface area contributed by atoms with Crippen molar-refractivity contribution >= 4 is 9.84 Å². The number of hydrogen-bond acceptors (Lipinski definition) is 3. The molecule has 0 heterocycles. The van der Waals surface area contributed by atoms with Gasteiger partial charge in [-0.3, -0.25) is 0 Å². The number of sulfone groups is 1. The van der Waals surface area contributed by atoms with E-state index in [0.29, 0.717) is 6.42 Å². The minimum atomic E-state index is -3.01. The normalized spacial score (nSPS) is 23.3. The van der Waals surface area contributed by atoms with E-state index in [1.165, 1.54) is 0 Å². The van der Waals surface area contributed by atoms with Gasteiger partial charge in [0.05, 0.1) is 17.1 Å². The number of hydrogen-bond donors (Lipinski definition) is 1. The number of aliphatic hydroxyl groups excluding tert-OH is 1. The van der Waals surface area contributed by atoms with Crippen molar-refractivity contribution in [3.8, 4) is 0 Å². The van der Waals surface area contributed by atoms with E-state index in [4.69, 9.17) is 0 Å². The Kier molecular flexibility index (Phi) is 3.78. The predicted octanol–water partition coefficient (Wildman–Crippen LogP) is 2.11. The quantitative estimate of drug-likeness (QED) is 0.910. The molecule has 0 bridgehead atoms. The van der Waals surface area contributed by atoms with Crippen molar-refractivity contribution in [3.63, 3.8) is 0 Å². The fraction of sp³-hybridized carbons (Fsp3) is 0.571. The summed E-state index contributed by atoms with van der Waals surface area (Å²) in [4.78, 5) is 0. The first-order chi connectivity index (χ1) is 8.42. The third-order valence-corrected chi connectivity index (χ3v) is 6.03. The Bertz CT molecular complexity index is 520. The van der Waals surface area contributed by atoms with Crippen LogP contribution in [0.25, 0.3) is 0 Å². The number of fused-ring (bicyclic) bond motifs is 1. The highest BCUT2D eigenvalue weighted by molar-refractivity contribution is 7.91. The van der Waals surface area contributed by atoms with Gasteiger partial charge in [-0.15, -0.1) is 0 Å². The molecule has 3 nitrogen and oxygen atoms in total. The van der Waals surface area contributed by atoms with Gasteiger partial charge < -0.3 is 5.11 Å². The van der Waals surface area contributed by atoms with E-state index in [0.717, 1.165) is 17.5 Å². The molecule has 1 aromatic rings. The van der Waals surface area contributed by atoms with Gasteiger partial charge in [-0.05, 0) is 43.7 Å². The van der Waals surface area contributed by atoms with E-state index in [1.54, 1.807) is 13.8 Å². The van der Waals surface area contributed by atoms with Crippen molar-refractivity contribution in [2.75, 3.05) is 5.75 Å². The molecule has 1 aliphatic carbocycles. The second kappa shape index (κ2) is 5.02. The van der Waals surface area contributed by atoms with Crippen molar-refractivity contribution in [1.29, 1.82) is 0 Å². The topological polar surface area (TPSA) is 54.4 Å². The molecule has 1 N–H and O–H groups in total. The van der Waals surface area contributed by atoms with Crippen LogP contribution in [0.1, 0.15) is 37.5 Å². The lowest BCUT2D eigenvalue weighted by Crippen LogP contribution is -2.21. The van der Waals surface area contributed by atoms with E-state index in [9.17, 15) is 13.5 Å². The Labute approximate surface area is 109 Å². The van der Waals surface area contributed by atoms with Crippen LogP contribution in [0, 0.1) is 5.92 Å². The van der Waals surface area contributed by atoms with Gasteiger partial charge in [0.2, 0.25) is 0 Å². The maximum atomic E-state index is 11.8. The average Bonchev–Trinajstić information content (AvgIpc) is 2.64. The molecule has 0 saturated heterocycles. The van der Waals surface area contributed by atoms with Gasteiger partial charge >= 0.3 is 0 Å². The van der Waals surface area contributed by atoms with Crippen molar-refractivity contribution in [1.82, 2.24) is 0 Å². The largest absolute Gasteiger partial charge is 0.388 e. The molecule has 0 spiro atoms. The zero-order chi connectivity index (χ0) is 13.3. The standard InChI is InChI=1S/C14H20O3S/c1-10(2)18(16,17)8-7-12-9-11-5-3-4-6-13(11)14(12)15/h3-6,10,12,14-15H,7-9H2,1-2H3. The molecule has 0 fully saturated rings. The molecule has 2 unspecified atom stereocenters. The minimum absolute atomic E-state index is 0.0379. The average molecular weight is 268 g/mol. The fourth-order valence-electron chi connectivity index (χ4n) is 2.47. The van der Waals surface area contributed by atoms with Crippen molar-refractivity contribution in [2.24, 2.45) is 5.92 Å². The Morgan fingerprint density at radius 2 is 2.00 bits per heavy atom. The van der Waals surface area contributed by atoms with Gasteiger partial charge in [-0.25, -0.2) is 8.42 Å². The Balaban J connectivity index is 2.03. The SMILES string of the molecule is CC(C)S(=O)(=O)CCC1Cc2ccccc2C1O. The maximum absolute atomic E-state index is 11.8. The Morgan fingerprint density at radius 1 is 1.33 bits per heavy atom. The number of benzene rings is 1. The van der Waals surface area contributed by atoms with E-state index in [1.807, 2.05) is 24.3 Å². The minimum Gasteiger partial charge on any atom is -0.388 e. The zero-order valence-electron chi connectivity index (χ0n) is 10.8. The van der Waals surface area contributed by atoms with Crippen LogP contribution in [-0.2, 0) is 16.3 Å². The second-order valence-electron chi connectivity index (χ2n) is 5.31. The first kappa shape index (κ1) is 13.6. The van der Waals surface area contributed by atoms with Gasteiger partial charge in [-0.1, -0.05) is 24.3 Å². The summed E-state index contributed by atoms with van der Waals surface area (Å²) < 4.78 is 23.6. The molecule has 0 aromatic heterocycles. The molecule has 4 heteroatoms. The molecule has 18 heavy (non-hydrogen) atoms. The summed E-state index contributed by atoms with van der Waals surface area (Å²) in [5, 5.41) is 9.85. The van der Waals surface area contributed by atoms with Crippen LogP contribution < -0.4 is 0 Å². The van der Waals surface area contributed by atoms with Crippen LogP contribution in [-0.4, -0.2) is 24.5 Å². The molecular formula is C14H20O3S. The number of aliphatic hydroxyl groups is 1. The first-order valence-corrected chi connectivity index (χ1v) is 8.11. The van der Waals surface area contributed by atoms with Crippen LogP contribution in [0.5, 0.6) is 0 Å². The van der Waals surface area contributed by atoms with Crippen LogP contribution in [0.15, 0.2) is 24.3 Å². The molecule has 1 aliphatic rings. The van der Waals surface area contributed by atoms with Crippen LogP contribution in [0.2, 0.25) is 0 Å². The summed E-state index contributed by atoms with van der Waals surface area (Å²) in [7, 11) is -3.01. The summed E-state index contributed by atoms with van der Waals surface area (Å²) in [6.45, 7) is 3.41. The highest BCUT2D eigenvalue weighted by Gasteiger charge is 2.31. The first-order valence-electron chi connectivity index (χ1n) is 6.39. The molecule has 0 radical (unpaired) electrons. The molecule has 0 saturated carbocycles. The van der Waals surface area contributed by atoms with Gasteiger partial charge in [-0.2, -0.15) is 0 Å². The van der Waals surface area contributed by atoms with E-state index >= 15 is 0 Å². The Hall–Kier alpha value is -0.870. The summed E-state index contributed by atoms with van der Waals surface area (Å²) in [6.07, 6.45) is 0.810. The predicted molar refractivity (Wildman–Crippen MR) is 72.1 cm³/mol. The summed E-state index contributed by atoms with van der Waals surface area (Å²) in [5.41, 5.74) is 2.11. The third kappa shape index (κ3) is 2.59. The third-order valence-electron chi connectivity index (χ3n) is 3.79. The monoisotopic (exact) mass is 268 g/mol. The van der Waals surface area contributed by atoms with E-state index < -0.39 is 15.9 Å². The highest BCUT2D eigenvalue weighted by atomic mass is 32.2. The summed E-state index contributed by atoms with van der Waals surface area (Å²) >= 11 is 0. The Morgan fingerprint density at radius 3 is 2.61 bits per heavy atom. The lowest BCUT2D eigenvalue weighted by Gasteiger charge is -2.16. The van der Waals surface area contributed by atoms with E-state index in [-0.39, 0.29) is 16.9 Å². The van der Waals surface area contributed by atoms with Gasteiger partial charge in [0.15, 0.2) is 9.84 Å². The van der Waals surface area contributed by atoms with Gasteiger partial charge in [0.25, 0.3) is 0 Å². The van der Waals surface area contributed by atoms with Crippen LogP contribution in [0.4, 0.5) is 0 Å². The molecular weight excluding hydrogens is 248 g/mol. The molecule has 100 valence electrons. The highest BCUT2D eigenvalue weighted by Crippen LogP contribution is 2.37. The fourth-order valence-corrected chi connectivity index (χ4v) is 3.57. The lowest BCUT2D eigenvalue weighted by molar-refractivity contribution is 0.121. The molecule has 2 rings (SSSR count). The lowest BCUT2D eigenvalue weighted by atomic mass is 10.0. The van der Waals surface area contributed by atoms with Crippen molar-refractivity contribution in [2.45, 2.75) is 38.0 Å². The van der Waals surface area contributed by atoms with Crippen molar-refractivity contribution < 1.29 is 13.5 Å². The van der Waals surface area contributed by atoms with Gasteiger partial charge in [0.1, 0.15) is 0 Å².